The van der Waals surface area contributed by atoms with Gasteiger partial charge in [-0.2, -0.15) is 0 Å². The fraction of sp³-hybridized carbons (Fsp3) is 0.429. The Labute approximate surface area is 122 Å². The molecule has 0 unspecified atom stereocenters. The molecule has 116 valence electrons. The van der Waals surface area contributed by atoms with Crippen molar-refractivity contribution in [1.82, 2.24) is 0 Å². The van der Waals surface area contributed by atoms with Crippen molar-refractivity contribution < 1.29 is 33.9 Å². The van der Waals surface area contributed by atoms with Crippen LogP contribution in [0.4, 0.5) is 4.79 Å². The van der Waals surface area contributed by atoms with Gasteiger partial charge in [0.1, 0.15) is 5.75 Å². The second-order valence-electron chi connectivity index (χ2n) is 4.06. The number of hydrogen-bond donors (Lipinski definition) is 0. The van der Waals surface area contributed by atoms with Crippen LogP contribution >= 0.6 is 0 Å². The highest BCUT2D eigenvalue weighted by Crippen LogP contribution is 2.13. The van der Waals surface area contributed by atoms with Crippen LogP contribution in [0.2, 0.25) is 0 Å². The van der Waals surface area contributed by atoms with E-state index in [1.165, 1.54) is 19.2 Å². The van der Waals surface area contributed by atoms with Gasteiger partial charge in [-0.05, 0) is 24.6 Å². The van der Waals surface area contributed by atoms with E-state index in [4.69, 9.17) is 4.74 Å². The second kappa shape index (κ2) is 9.60. The van der Waals surface area contributed by atoms with E-state index < -0.39 is 12.1 Å². The first-order chi connectivity index (χ1) is 10.2. The van der Waals surface area contributed by atoms with E-state index in [0.717, 1.165) is 19.3 Å². The molecule has 7 nitrogen and oxygen atoms in total. The highest BCUT2D eigenvalue weighted by molar-refractivity contribution is 5.89. The number of rotatable bonds is 8. The minimum absolute atomic E-state index is 0.189. The average molecular weight is 298 g/mol. The molecule has 0 spiro atoms. The molecule has 0 atom stereocenters. The van der Waals surface area contributed by atoms with Gasteiger partial charge in [-0.25, -0.2) is 14.5 Å². The third-order valence-electron chi connectivity index (χ3n) is 2.49. The molecule has 0 aliphatic rings. The maximum Gasteiger partial charge on any atom is 0.543 e. The number of carbonyl (C=O) groups excluding carboxylic acids is 2. The van der Waals surface area contributed by atoms with E-state index in [1.54, 1.807) is 12.1 Å². The molecule has 0 aliphatic carbocycles. The van der Waals surface area contributed by atoms with Gasteiger partial charge in [0.15, 0.2) is 0 Å². The lowest BCUT2D eigenvalue weighted by atomic mass is 10.2. The van der Waals surface area contributed by atoms with Gasteiger partial charge in [0.25, 0.3) is 0 Å². The minimum Gasteiger partial charge on any atom is -0.497 e. The average Bonchev–Trinajstić information content (AvgIpc) is 2.51. The molecule has 0 amide bonds. The quantitative estimate of drug-likeness (QED) is 0.316. The zero-order valence-electron chi connectivity index (χ0n) is 12.0. The largest absolute Gasteiger partial charge is 0.543 e. The standard InChI is InChI=1S/C14H18O7/c1-3-4-5-9-18-14(16)20-21-19-13(15)11-7-6-8-12(10-11)17-2/h6-8,10H,3-5,9H2,1-2H3. The fourth-order valence-corrected chi connectivity index (χ4v) is 1.41. The topological polar surface area (TPSA) is 80.3 Å². The first-order valence-electron chi connectivity index (χ1n) is 6.53. The van der Waals surface area contributed by atoms with E-state index in [1.807, 2.05) is 6.92 Å². The molecule has 0 heterocycles. The Kier molecular flexibility index (Phi) is 7.67. The molecule has 0 aliphatic heterocycles. The molecule has 1 aromatic rings. The van der Waals surface area contributed by atoms with Crippen LogP contribution in [0.1, 0.15) is 36.5 Å². The second-order valence-corrected chi connectivity index (χ2v) is 4.06. The van der Waals surface area contributed by atoms with E-state index >= 15 is 0 Å². The van der Waals surface area contributed by atoms with Crippen molar-refractivity contribution in [2.24, 2.45) is 0 Å². The summed E-state index contributed by atoms with van der Waals surface area (Å²) in [5, 5.41) is 4.08. The SMILES string of the molecule is CCCCCOC(=O)OOOC(=O)c1cccc(OC)c1. The Morgan fingerprint density at radius 1 is 1.14 bits per heavy atom. The molecule has 7 heteroatoms. The normalized spacial score (nSPS) is 9.81. The summed E-state index contributed by atoms with van der Waals surface area (Å²) in [5.74, 6) is -0.339. The molecule has 1 aromatic carbocycles. The van der Waals surface area contributed by atoms with Crippen molar-refractivity contribution in [2.75, 3.05) is 13.7 Å². The predicted octanol–water partition coefficient (Wildman–Crippen LogP) is 3.04. The summed E-state index contributed by atoms with van der Waals surface area (Å²) in [7, 11) is 1.47. The summed E-state index contributed by atoms with van der Waals surface area (Å²) in [6.07, 6.45) is 1.62. The van der Waals surface area contributed by atoms with Gasteiger partial charge >= 0.3 is 12.1 Å². The first-order valence-corrected chi connectivity index (χ1v) is 6.53. The van der Waals surface area contributed by atoms with Gasteiger partial charge in [0, 0.05) is 0 Å². The predicted molar refractivity (Wildman–Crippen MR) is 71.5 cm³/mol. The molecule has 0 saturated carbocycles. The van der Waals surface area contributed by atoms with Crippen LogP contribution in [0.3, 0.4) is 0 Å². The van der Waals surface area contributed by atoms with Gasteiger partial charge in [-0.3, -0.25) is 4.89 Å². The Bertz CT molecular complexity index is 458. The van der Waals surface area contributed by atoms with Crippen LogP contribution in [0.5, 0.6) is 5.75 Å². The maximum atomic E-state index is 11.6. The third-order valence-corrected chi connectivity index (χ3v) is 2.49. The molecular formula is C14H18O7. The lowest BCUT2D eigenvalue weighted by Crippen LogP contribution is -2.12. The Balaban J connectivity index is 2.25. The highest BCUT2D eigenvalue weighted by atomic mass is 17.5. The van der Waals surface area contributed by atoms with E-state index in [9.17, 15) is 9.59 Å². The van der Waals surface area contributed by atoms with Crippen molar-refractivity contribution in [1.29, 1.82) is 0 Å². The van der Waals surface area contributed by atoms with E-state index in [2.05, 4.69) is 19.6 Å². The summed E-state index contributed by atoms with van der Waals surface area (Å²) in [6.45, 7) is 2.25. The van der Waals surface area contributed by atoms with Crippen LogP contribution in [-0.4, -0.2) is 25.8 Å². The summed E-state index contributed by atoms with van der Waals surface area (Å²) in [4.78, 5) is 31.0. The molecule has 1 rings (SSSR count). The molecule has 0 fully saturated rings. The number of hydrogen-bond acceptors (Lipinski definition) is 7. The first kappa shape index (κ1) is 16.8. The Morgan fingerprint density at radius 3 is 2.67 bits per heavy atom. The molecule has 0 bridgehead atoms. The van der Waals surface area contributed by atoms with Gasteiger partial charge < -0.3 is 9.47 Å². The number of unbranched alkanes of at least 4 members (excludes halogenated alkanes) is 2. The summed E-state index contributed by atoms with van der Waals surface area (Å²) >= 11 is 0. The molecule has 0 radical (unpaired) electrons. The lowest BCUT2D eigenvalue weighted by Gasteiger charge is -2.04. The third kappa shape index (κ3) is 6.62. The van der Waals surface area contributed by atoms with Crippen molar-refractivity contribution in [3.8, 4) is 5.75 Å². The summed E-state index contributed by atoms with van der Waals surface area (Å²) in [6, 6.07) is 6.23. The van der Waals surface area contributed by atoms with Crippen LogP contribution in [-0.2, 0) is 19.6 Å². The number of benzene rings is 1. The smallest absolute Gasteiger partial charge is 0.497 e. The molecule has 0 N–H and O–H groups in total. The van der Waals surface area contributed by atoms with E-state index in [0.29, 0.717) is 5.75 Å². The summed E-state index contributed by atoms with van der Waals surface area (Å²) < 4.78 is 9.63. The fourth-order valence-electron chi connectivity index (χ4n) is 1.41. The van der Waals surface area contributed by atoms with Crippen LogP contribution < -0.4 is 4.74 Å². The highest BCUT2D eigenvalue weighted by Gasteiger charge is 2.12. The monoisotopic (exact) mass is 298 g/mol. The van der Waals surface area contributed by atoms with Crippen LogP contribution in [0, 0.1) is 0 Å². The van der Waals surface area contributed by atoms with Gasteiger partial charge in [0.05, 0.1) is 24.3 Å². The molecular weight excluding hydrogens is 280 g/mol. The van der Waals surface area contributed by atoms with Gasteiger partial charge in [0.2, 0.25) is 0 Å². The number of carbonyl (C=O) groups is 2. The number of ether oxygens (including phenoxy) is 2. The van der Waals surface area contributed by atoms with E-state index in [-0.39, 0.29) is 12.2 Å². The Morgan fingerprint density at radius 2 is 1.95 bits per heavy atom. The molecule has 0 saturated heterocycles. The van der Waals surface area contributed by atoms with Crippen LogP contribution in [0.25, 0.3) is 0 Å². The summed E-state index contributed by atoms with van der Waals surface area (Å²) in [5.41, 5.74) is 0.189. The van der Waals surface area contributed by atoms with Crippen molar-refractivity contribution in [3.05, 3.63) is 29.8 Å². The zero-order chi connectivity index (χ0) is 15.5. The van der Waals surface area contributed by atoms with Crippen molar-refractivity contribution in [3.63, 3.8) is 0 Å². The lowest BCUT2D eigenvalue weighted by molar-refractivity contribution is -0.452. The Hall–Kier alpha value is -2.28. The van der Waals surface area contributed by atoms with Crippen molar-refractivity contribution >= 4 is 12.1 Å². The van der Waals surface area contributed by atoms with Gasteiger partial charge in [-0.1, -0.05) is 25.8 Å². The zero-order valence-corrected chi connectivity index (χ0v) is 12.0. The van der Waals surface area contributed by atoms with Crippen molar-refractivity contribution in [2.45, 2.75) is 26.2 Å². The van der Waals surface area contributed by atoms with Gasteiger partial charge in [-0.15, -0.1) is 0 Å². The molecule has 21 heavy (non-hydrogen) atoms. The molecule has 0 aromatic heterocycles. The number of methoxy groups -OCH3 is 1. The maximum absolute atomic E-state index is 11.6. The van der Waals surface area contributed by atoms with Crippen LogP contribution in [0.15, 0.2) is 24.3 Å². The minimum atomic E-state index is -1.07.